The zero-order valence-electron chi connectivity index (χ0n) is 6.37. The number of hydrogen-bond acceptors (Lipinski definition) is 3. The van der Waals surface area contributed by atoms with E-state index in [1.807, 2.05) is 0 Å². The first-order chi connectivity index (χ1) is 5.79. The van der Waals surface area contributed by atoms with Gasteiger partial charge >= 0.3 is 22.4 Å². The van der Waals surface area contributed by atoms with Gasteiger partial charge in [0, 0.05) is 11.3 Å². The Labute approximate surface area is 89.1 Å². The molecule has 0 saturated carbocycles. The number of hydrogen-bond donors (Lipinski definition) is 1. The topological polar surface area (TPSA) is 68.8 Å². The molecule has 0 aliphatic carbocycles. The monoisotopic (exact) mass is 268 g/mol. The number of benzene rings is 1. The summed E-state index contributed by atoms with van der Waals surface area (Å²) < 4.78 is 0. The maximum Gasteiger partial charge on any atom is 1.00 e. The molecule has 0 fully saturated rings. The molecule has 1 aromatic heterocycles. The van der Waals surface area contributed by atoms with Crippen LogP contribution in [-0.2, 0) is 22.4 Å². The van der Waals surface area contributed by atoms with Gasteiger partial charge in [-0.1, -0.05) is 18.2 Å². The Morgan fingerprint density at radius 2 is 1.85 bits per heavy atom. The molecule has 70 valence electrons. The van der Waals surface area contributed by atoms with Crippen molar-refractivity contribution in [3.63, 3.8) is 0 Å². The molecule has 1 aromatic carbocycles. The van der Waals surface area contributed by atoms with E-state index in [-0.39, 0.29) is 27.9 Å². The third kappa shape index (κ3) is 1.65. The molecular formula is C8H5AgN2O2. The fraction of sp³-hybridized carbons (Fsp3) is 0. The van der Waals surface area contributed by atoms with Gasteiger partial charge in [-0.15, -0.1) is 0 Å². The Morgan fingerprint density at radius 3 is 2.46 bits per heavy atom. The second kappa shape index (κ2) is 3.74. The summed E-state index contributed by atoms with van der Waals surface area (Å²) in [6, 6.07) is 6.58. The van der Waals surface area contributed by atoms with E-state index in [0.717, 1.165) is 0 Å². The quantitative estimate of drug-likeness (QED) is 0.684. The van der Waals surface area contributed by atoms with Crippen LogP contribution in [0.5, 0.6) is 5.88 Å². The molecule has 1 N–H and O–H groups in total. The molecule has 0 spiro atoms. The Hall–Kier alpha value is -1.10. The van der Waals surface area contributed by atoms with E-state index in [9.17, 15) is 9.90 Å². The van der Waals surface area contributed by atoms with Gasteiger partial charge in [0.25, 0.3) is 5.56 Å². The predicted molar refractivity (Wildman–Crippen MR) is 41.8 cm³/mol. The van der Waals surface area contributed by atoms with E-state index >= 15 is 0 Å². The van der Waals surface area contributed by atoms with Crippen molar-refractivity contribution in [1.82, 2.24) is 10.2 Å². The van der Waals surface area contributed by atoms with Crippen molar-refractivity contribution in [3.8, 4) is 5.88 Å². The SMILES string of the molecule is O=c1[nH]nc([O-])c2ccccc12.[Ag+]. The van der Waals surface area contributed by atoms with Crippen molar-refractivity contribution in [2.45, 2.75) is 0 Å². The van der Waals surface area contributed by atoms with Crippen LogP contribution in [-0.4, -0.2) is 10.2 Å². The molecule has 0 atom stereocenters. The fourth-order valence-electron chi connectivity index (χ4n) is 1.09. The van der Waals surface area contributed by atoms with Gasteiger partial charge in [-0.05, 0) is 11.5 Å². The van der Waals surface area contributed by atoms with Gasteiger partial charge in [-0.2, -0.15) is 5.10 Å². The molecule has 13 heavy (non-hydrogen) atoms. The van der Waals surface area contributed by atoms with Crippen molar-refractivity contribution >= 4 is 10.8 Å². The zero-order chi connectivity index (χ0) is 8.55. The second-order valence-electron chi connectivity index (χ2n) is 2.40. The number of H-pyrrole nitrogens is 1. The molecule has 4 nitrogen and oxygen atoms in total. The number of fused-ring (bicyclic) bond motifs is 1. The minimum Gasteiger partial charge on any atom is -0.857 e. The molecule has 0 unspecified atom stereocenters. The molecule has 0 radical (unpaired) electrons. The third-order valence-electron chi connectivity index (χ3n) is 1.66. The summed E-state index contributed by atoms with van der Waals surface area (Å²) >= 11 is 0. The predicted octanol–water partition coefficient (Wildman–Crippen LogP) is -0.00580. The van der Waals surface area contributed by atoms with E-state index in [1.165, 1.54) is 0 Å². The summed E-state index contributed by atoms with van der Waals surface area (Å²) in [5.41, 5.74) is -0.329. The summed E-state index contributed by atoms with van der Waals surface area (Å²) in [5.74, 6) is -0.398. The first-order valence-corrected chi connectivity index (χ1v) is 3.43. The number of nitrogens with zero attached hydrogens (tertiary/aromatic N) is 1. The molecule has 2 aromatic rings. The largest absolute Gasteiger partial charge is 1.00 e. The average Bonchev–Trinajstić information content (AvgIpc) is 2.12. The van der Waals surface area contributed by atoms with E-state index in [2.05, 4.69) is 10.2 Å². The second-order valence-corrected chi connectivity index (χ2v) is 2.40. The van der Waals surface area contributed by atoms with Gasteiger partial charge in [-0.3, -0.25) is 4.79 Å². The number of aromatic amines is 1. The van der Waals surface area contributed by atoms with Gasteiger partial charge in [0.15, 0.2) is 0 Å². The Balaban J connectivity index is 0.000000845. The van der Waals surface area contributed by atoms with Crippen LogP contribution in [0.4, 0.5) is 0 Å². The Bertz CT molecular complexity index is 481. The molecule has 2 rings (SSSR count). The van der Waals surface area contributed by atoms with E-state index in [0.29, 0.717) is 10.8 Å². The van der Waals surface area contributed by atoms with Crippen LogP contribution in [0.15, 0.2) is 29.1 Å². The van der Waals surface area contributed by atoms with Crippen LogP contribution in [0, 0.1) is 0 Å². The van der Waals surface area contributed by atoms with Crippen molar-refractivity contribution in [2.75, 3.05) is 0 Å². The average molecular weight is 269 g/mol. The summed E-state index contributed by atoms with van der Waals surface area (Å²) in [6.45, 7) is 0. The van der Waals surface area contributed by atoms with Gasteiger partial charge in [0.1, 0.15) is 0 Å². The number of aromatic nitrogens is 2. The summed E-state index contributed by atoms with van der Waals surface area (Å²) in [4.78, 5) is 11.1. The van der Waals surface area contributed by atoms with Crippen LogP contribution in [0.25, 0.3) is 10.8 Å². The van der Waals surface area contributed by atoms with E-state index < -0.39 is 5.88 Å². The zero-order valence-corrected chi connectivity index (χ0v) is 7.86. The van der Waals surface area contributed by atoms with Crippen LogP contribution in [0.3, 0.4) is 0 Å². The molecule has 0 amide bonds. The number of rotatable bonds is 0. The van der Waals surface area contributed by atoms with Crippen molar-refractivity contribution in [2.24, 2.45) is 0 Å². The van der Waals surface area contributed by atoms with Gasteiger partial charge in [-0.25, -0.2) is 5.10 Å². The molecular weight excluding hydrogens is 264 g/mol. The van der Waals surface area contributed by atoms with Crippen molar-refractivity contribution < 1.29 is 27.5 Å². The van der Waals surface area contributed by atoms with Crippen LogP contribution >= 0.6 is 0 Å². The van der Waals surface area contributed by atoms with Gasteiger partial charge in [0.05, 0.1) is 0 Å². The molecule has 0 bridgehead atoms. The minimum atomic E-state index is -0.398. The summed E-state index contributed by atoms with van der Waals surface area (Å²) in [6.07, 6.45) is 0. The number of nitrogens with one attached hydrogen (secondary N) is 1. The van der Waals surface area contributed by atoms with Crippen LogP contribution in [0.1, 0.15) is 0 Å². The third-order valence-corrected chi connectivity index (χ3v) is 1.66. The molecule has 5 heteroatoms. The Kier molecular flexibility index (Phi) is 2.87. The maximum atomic E-state index is 11.1. The van der Waals surface area contributed by atoms with Crippen LogP contribution in [0.2, 0.25) is 0 Å². The van der Waals surface area contributed by atoms with Gasteiger partial charge in [0.2, 0.25) is 0 Å². The molecule has 0 aliphatic heterocycles. The first kappa shape index (κ1) is 9.98. The summed E-state index contributed by atoms with van der Waals surface area (Å²) in [5, 5.41) is 17.2. The molecule has 0 saturated heterocycles. The van der Waals surface area contributed by atoms with Crippen molar-refractivity contribution in [1.29, 1.82) is 0 Å². The maximum absolute atomic E-state index is 11.1. The van der Waals surface area contributed by atoms with Crippen molar-refractivity contribution in [3.05, 3.63) is 34.6 Å². The minimum absolute atomic E-state index is 0. The van der Waals surface area contributed by atoms with E-state index in [1.54, 1.807) is 24.3 Å². The van der Waals surface area contributed by atoms with Crippen LogP contribution < -0.4 is 10.7 Å². The first-order valence-electron chi connectivity index (χ1n) is 3.43. The fourth-order valence-corrected chi connectivity index (χ4v) is 1.09. The van der Waals surface area contributed by atoms with E-state index in [4.69, 9.17) is 0 Å². The molecule has 0 aliphatic rings. The Morgan fingerprint density at radius 1 is 1.23 bits per heavy atom. The standard InChI is InChI=1S/C8H6N2O2.Ag/c11-7-5-3-1-2-4-6(5)8(12)10-9-7;/h1-4H,(H,9,11)(H,10,12);/q;+1/p-1. The molecule has 1 heterocycles. The smallest absolute Gasteiger partial charge is 0.857 e. The summed E-state index contributed by atoms with van der Waals surface area (Å²) in [7, 11) is 0. The van der Waals surface area contributed by atoms with Gasteiger partial charge < -0.3 is 5.11 Å². The normalized spacial score (nSPS) is 9.54.